The van der Waals surface area contributed by atoms with E-state index in [1.807, 2.05) is 74.4 Å². The molecule has 0 radical (unpaired) electrons. The first-order chi connectivity index (χ1) is 13.3. The third kappa shape index (κ3) is 7.21. The van der Waals surface area contributed by atoms with Gasteiger partial charge in [0.25, 0.3) is 5.91 Å². The lowest BCUT2D eigenvalue weighted by molar-refractivity contribution is -0.113. The molecule has 0 unspecified atom stereocenters. The van der Waals surface area contributed by atoms with E-state index < -0.39 is 0 Å². The molecule has 2 amide bonds. The van der Waals surface area contributed by atoms with Gasteiger partial charge < -0.3 is 15.5 Å². The first-order valence-corrected chi connectivity index (χ1v) is 9.10. The zero-order valence-corrected chi connectivity index (χ0v) is 16.7. The highest BCUT2D eigenvalue weighted by Crippen LogP contribution is 2.15. The van der Waals surface area contributed by atoms with Crippen LogP contribution in [0, 0.1) is 6.92 Å². The Morgan fingerprint density at radius 2 is 1.75 bits per heavy atom. The van der Waals surface area contributed by atoms with Crippen molar-refractivity contribution >= 4 is 23.2 Å². The first kappa shape index (κ1) is 21.1. The predicted octanol–water partition coefficient (Wildman–Crippen LogP) is 3.79. The maximum Gasteiger partial charge on any atom is 0.251 e. The summed E-state index contributed by atoms with van der Waals surface area (Å²) < 4.78 is 0. The molecule has 0 saturated heterocycles. The van der Waals surface area contributed by atoms with Gasteiger partial charge in [-0.25, -0.2) is 0 Å². The molecule has 5 heteroatoms. The molecular formula is C23H27N3O2. The normalized spacial score (nSPS) is 10.9. The van der Waals surface area contributed by atoms with E-state index >= 15 is 0 Å². The lowest BCUT2D eigenvalue weighted by Crippen LogP contribution is -2.15. The van der Waals surface area contributed by atoms with Gasteiger partial charge in [0.2, 0.25) is 5.91 Å². The van der Waals surface area contributed by atoms with Crippen molar-refractivity contribution in [3.8, 4) is 0 Å². The Bertz CT molecular complexity index is 868. The Kier molecular flexibility index (Phi) is 7.72. The van der Waals surface area contributed by atoms with Gasteiger partial charge in [-0.05, 0) is 56.4 Å². The predicted molar refractivity (Wildman–Crippen MR) is 115 cm³/mol. The number of hydrogen-bond acceptors (Lipinski definition) is 3. The van der Waals surface area contributed by atoms with E-state index in [0.717, 1.165) is 16.8 Å². The number of nitrogens with zero attached hydrogens (tertiary/aromatic N) is 1. The van der Waals surface area contributed by atoms with Gasteiger partial charge in [-0.3, -0.25) is 9.59 Å². The fraction of sp³-hybridized carbons (Fsp3) is 0.217. The molecule has 5 nitrogen and oxygen atoms in total. The number of carbonyl (C=O) groups is 2. The van der Waals surface area contributed by atoms with Crippen LogP contribution in [0.2, 0.25) is 0 Å². The Morgan fingerprint density at radius 1 is 1.04 bits per heavy atom. The molecule has 28 heavy (non-hydrogen) atoms. The van der Waals surface area contributed by atoms with Crippen LogP contribution in [0.15, 0.2) is 72.8 Å². The molecule has 2 N–H and O–H groups in total. The van der Waals surface area contributed by atoms with Crippen LogP contribution < -0.4 is 10.6 Å². The second-order valence-electron chi connectivity index (χ2n) is 6.95. The summed E-state index contributed by atoms with van der Waals surface area (Å²) in [5.41, 5.74) is 3.97. The van der Waals surface area contributed by atoms with Gasteiger partial charge in [0.15, 0.2) is 0 Å². The molecule has 146 valence electrons. The largest absolute Gasteiger partial charge is 0.323 e. The molecule has 0 spiro atoms. The van der Waals surface area contributed by atoms with Crippen molar-refractivity contribution in [3.05, 3.63) is 84.0 Å². The molecule has 0 aromatic heterocycles. The van der Waals surface area contributed by atoms with E-state index in [-0.39, 0.29) is 11.8 Å². The van der Waals surface area contributed by atoms with E-state index in [9.17, 15) is 9.59 Å². The highest BCUT2D eigenvalue weighted by Gasteiger charge is 2.09. The van der Waals surface area contributed by atoms with E-state index in [4.69, 9.17) is 0 Å². The number of benzene rings is 2. The zero-order valence-electron chi connectivity index (χ0n) is 16.7. The summed E-state index contributed by atoms with van der Waals surface area (Å²) in [5, 5.41) is 5.67. The molecular weight excluding hydrogens is 350 g/mol. The Morgan fingerprint density at radius 3 is 2.39 bits per heavy atom. The summed E-state index contributed by atoms with van der Waals surface area (Å²) in [4.78, 5) is 26.1. The molecule has 0 heterocycles. The molecule has 2 aromatic rings. The Hall–Kier alpha value is -3.18. The minimum atomic E-state index is -0.200. The van der Waals surface area contributed by atoms with Crippen LogP contribution in [-0.4, -0.2) is 37.4 Å². The number of anilines is 2. The average molecular weight is 377 g/mol. The molecule has 0 fully saturated rings. The number of nitrogens with one attached hydrogen (secondary N) is 2. The highest BCUT2D eigenvalue weighted by molar-refractivity contribution is 6.03. The number of carbonyl (C=O) groups excluding carboxylic acids is 2. The Balaban J connectivity index is 1.87. The Labute approximate surface area is 166 Å². The monoisotopic (exact) mass is 377 g/mol. The third-order valence-electron chi connectivity index (χ3n) is 3.98. The zero-order chi connectivity index (χ0) is 20.5. The van der Waals surface area contributed by atoms with E-state index in [1.54, 1.807) is 6.08 Å². The number of hydrogen-bond donors (Lipinski definition) is 2. The average Bonchev–Trinajstić information content (AvgIpc) is 2.63. The van der Waals surface area contributed by atoms with Gasteiger partial charge in [-0.1, -0.05) is 36.9 Å². The second kappa shape index (κ2) is 10.2. The van der Waals surface area contributed by atoms with Crippen LogP contribution in [0.1, 0.15) is 11.1 Å². The summed E-state index contributed by atoms with van der Waals surface area (Å²) in [6.45, 7) is 6.57. The van der Waals surface area contributed by atoms with Crippen LogP contribution in [0.5, 0.6) is 0 Å². The minimum absolute atomic E-state index is 0.170. The number of rotatable bonds is 8. The number of aryl methyl sites for hydroxylation is 1. The minimum Gasteiger partial charge on any atom is -0.323 e. The third-order valence-corrected chi connectivity index (χ3v) is 3.98. The van der Waals surface area contributed by atoms with E-state index in [1.165, 1.54) is 6.08 Å². The maximum atomic E-state index is 12.3. The van der Waals surface area contributed by atoms with Gasteiger partial charge in [0, 0.05) is 36.0 Å². The molecule has 0 bridgehead atoms. The van der Waals surface area contributed by atoms with E-state index in [2.05, 4.69) is 17.2 Å². The fourth-order valence-electron chi connectivity index (χ4n) is 2.53. The van der Waals surface area contributed by atoms with Crippen LogP contribution >= 0.6 is 0 Å². The first-order valence-electron chi connectivity index (χ1n) is 9.10. The lowest BCUT2D eigenvalue weighted by atomic mass is 10.1. The van der Waals surface area contributed by atoms with Crippen molar-refractivity contribution in [2.45, 2.75) is 13.3 Å². The van der Waals surface area contributed by atoms with Crippen LogP contribution in [0.4, 0.5) is 11.4 Å². The molecule has 0 saturated carbocycles. The molecule has 2 rings (SSSR count). The maximum absolute atomic E-state index is 12.3. The molecule has 0 atom stereocenters. The standard InChI is InChI=1S/C23H27N3O2/c1-17-7-5-8-21(15-17)25-23(28)18(2)16-19-10-12-20(13-11-19)24-22(27)9-6-14-26(3)4/h5-13,15H,2,14,16H2,1,3-4H3,(H,24,27)(H,25,28)/b9-6+. The van der Waals surface area contributed by atoms with Crippen molar-refractivity contribution in [2.75, 3.05) is 31.3 Å². The smallest absolute Gasteiger partial charge is 0.251 e. The number of amides is 2. The van der Waals surface area contributed by atoms with Crippen LogP contribution in [0.25, 0.3) is 0 Å². The van der Waals surface area contributed by atoms with Gasteiger partial charge in [-0.2, -0.15) is 0 Å². The summed E-state index contributed by atoms with van der Waals surface area (Å²) >= 11 is 0. The van der Waals surface area contributed by atoms with Gasteiger partial charge >= 0.3 is 0 Å². The summed E-state index contributed by atoms with van der Waals surface area (Å²) in [6, 6.07) is 15.0. The SMILES string of the molecule is C=C(Cc1ccc(NC(=O)/C=C/CN(C)C)cc1)C(=O)Nc1cccc(C)c1. The topological polar surface area (TPSA) is 61.4 Å². The molecule has 0 aliphatic carbocycles. The molecule has 0 aliphatic rings. The van der Waals surface area contributed by atoms with Gasteiger partial charge in [0.05, 0.1) is 0 Å². The summed E-state index contributed by atoms with van der Waals surface area (Å²) in [5.74, 6) is -0.370. The fourth-order valence-corrected chi connectivity index (χ4v) is 2.53. The summed E-state index contributed by atoms with van der Waals surface area (Å²) in [7, 11) is 3.88. The van der Waals surface area contributed by atoms with Gasteiger partial charge in [-0.15, -0.1) is 0 Å². The quantitative estimate of drug-likeness (QED) is 0.688. The number of likely N-dealkylation sites (N-methyl/N-ethyl adjacent to an activating group) is 1. The van der Waals surface area contributed by atoms with Crippen molar-refractivity contribution in [2.24, 2.45) is 0 Å². The van der Waals surface area contributed by atoms with Gasteiger partial charge in [0.1, 0.15) is 0 Å². The van der Waals surface area contributed by atoms with Crippen LogP contribution in [-0.2, 0) is 16.0 Å². The van der Waals surface area contributed by atoms with Crippen molar-refractivity contribution < 1.29 is 9.59 Å². The second-order valence-corrected chi connectivity index (χ2v) is 6.95. The van der Waals surface area contributed by atoms with E-state index in [0.29, 0.717) is 24.2 Å². The highest BCUT2D eigenvalue weighted by atomic mass is 16.2. The van der Waals surface area contributed by atoms with Crippen molar-refractivity contribution in [1.29, 1.82) is 0 Å². The van der Waals surface area contributed by atoms with Crippen molar-refractivity contribution in [1.82, 2.24) is 4.90 Å². The molecule has 0 aliphatic heterocycles. The molecule has 2 aromatic carbocycles. The lowest BCUT2D eigenvalue weighted by Gasteiger charge is -2.09. The summed E-state index contributed by atoms with van der Waals surface area (Å²) in [6.07, 6.45) is 3.76. The van der Waals surface area contributed by atoms with Crippen LogP contribution in [0.3, 0.4) is 0 Å². The van der Waals surface area contributed by atoms with Crippen molar-refractivity contribution in [3.63, 3.8) is 0 Å².